The molecule has 1 aromatic heterocycles. The molecule has 0 saturated carbocycles. The van der Waals surface area contributed by atoms with Crippen LogP contribution < -0.4 is 5.32 Å². The molecular weight excluding hydrogens is 331 g/mol. The molecule has 0 aliphatic rings. The summed E-state index contributed by atoms with van der Waals surface area (Å²) in [5.41, 5.74) is 2.55. The number of benzene rings is 2. The first-order chi connectivity index (χ1) is 10.3. The van der Waals surface area contributed by atoms with E-state index in [1.807, 2.05) is 24.3 Å². The molecule has 0 aliphatic heterocycles. The van der Waals surface area contributed by atoms with Crippen molar-refractivity contribution in [2.75, 3.05) is 11.9 Å². The Morgan fingerprint density at radius 2 is 1.86 bits per heavy atom. The van der Waals surface area contributed by atoms with Crippen LogP contribution in [0.1, 0.15) is 5.56 Å². The van der Waals surface area contributed by atoms with E-state index in [2.05, 4.69) is 38.4 Å². The molecule has 0 atom stereocenters. The van der Waals surface area contributed by atoms with Crippen LogP contribution in [0.3, 0.4) is 0 Å². The maximum atomic E-state index is 13.8. The predicted octanol–water partition coefficient (Wildman–Crippen LogP) is 4.79. The van der Waals surface area contributed by atoms with Gasteiger partial charge in [0.05, 0.1) is 10.2 Å². The molecule has 3 rings (SSSR count). The van der Waals surface area contributed by atoms with Gasteiger partial charge in [-0.1, -0.05) is 42.5 Å². The number of hydrogen-bond acceptors (Lipinski definition) is 2. The summed E-state index contributed by atoms with van der Waals surface area (Å²) in [5.74, 6) is -0.300. The molecule has 0 spiro atoms. The van der Waals surface area contributed by atoms with Gasteiger partial charge in [-0.05, 0) is 34.0 Å². The number of rotatable bonds is 4. The van der Waals surface area contributed by atoms with Gasteiger partial charge in [0.15, 0.2) is 0 Å². The molecule has 0 saturated heterocycles. The van der Waals surface area contributed by atoms with Crippen LogP contribution in [0.5, 0.6) is 0 Å². The van der Waals surface area contributed by atoms with Crippen LogP contribution in [-0.4, -0.2) is 11.5 Å². The van der Waals surface area contributed by atoms with Gasteiger partial charge < -0.3 is 5.32 Å². The minimum Gasteiger partial charge on any atom is -0.383 e. The number of aromatic nitrogens is 1. The quantitative estimate of drug-likeness (QED) is 0.735. The highest BCUT2D eigenvalue weighted by Gasteiger charge is 2.09. The third kappa shape index (κ3) is 3.05. The maximum Gasteiger partial charge on any atom is 0.149 e. The molecule has 106 valence electrons. The van der Waals surface area contributed by atoms with Crippen LogP contribution in [0.15, 0.2) is 59.2 Å². The minimum absolute atomic E-state index is 0.300. The number of hydrogen-bond donors (Lipinski definition) is 1. The molecule has 0 amide bonds. The van der Waals surface area contributed by atoms with Gasteiger partial charge in [0.2, 0.25) is 0 Å². The molecule has 0 unspecified atom stereocenters. The molecule has 2 aromatic carbocycles. The number of nitrogens with one attached hydrogen (secondary N) is 1. The Balaban J connectivity index is 1.83. The largest absolute Gasteiger partial charge is 0.383 e. The van der Waals surface area contributed by atoms with Crippen molar-refractivity contribution in [1.29, 1.82) is 0 Å². The lowest BCUT2D eigenvalue weighted by molar-refractivity contribution is 0.637. The van der Waals surface area contributed by atoms with Gasteiger partial charge in [0, 0.05) is 18.1 Å². The van der Waals surface area contributed by atoms with E-state index in [4.69, 9.17) is 0 Å². The van der Waals surface area contributed by atoms with E-state index in [0.29, 0.717) is 5.52 Å². The summed E-state index contributed by atoms with van der Waals surface area (Å²) in [6.45, 7) is 0.776. The first-order valence-corrected chi connectivity index (χ1v) is 7.55. The zero-order chi connectivity index (χ0) is 14.7. The molecule has 3 aromatic rings. The number of para-hydroxylation sites is 1. The van der Waals surface area contributed by atoms with Gasteiger partial charge in [-0.15, -0.1) is 0 Å². The Morgan fingerprint density at radius 3 is 2.67 bits per heavy atom. The average Bonchev–Trinajstić information content (AvgIpc) is 2.51. The lowest BCUT2D eigenvalue weighted by Crippen LogP contribution is -2.06. The molecule has 0 radical (unpaired) electrons. The summed E-state index contributed by atoms with van der Waals surface area (Å²) in [6.07, 6.45) is 2.54. The molecule has 1 heterocycles. The van der Waals surface area contributed by atoms with Crippen LogP contribution in [0.4, 0.5) is 10.1 Å². The second kappa shape index (κ2) is 6.22. The first kappa shape index (κ1) is 14.0. The van der Waals surface area contributed by atoms with Crippen molar-refractivity contribution >= 4 is 32.5 Å². The van der Waals surface area contributed by atoms with Crippen molar-refractivity contribution in [3.63, 3.8) is 0 Å². The first-order valence-electron chi connectivity index (χ1n) is 6.76. The molecule has 2 nitrogen and oxygen atoms in total. The number of halogens is 2. The van der Waals surface area contributed by atoms with Crippen molar-refractivity contribution < 1.29 is 4.39 Å². The van der Waals surface area contributed by atoms with E-state index in [-0.39, 0.29) is 5.82 Å². The normalized spacial score (nSPS) is 10.8. The summed E-state index contributed by atoms with van der Waals surface area (Å²) in [7, 11) is 0. The van der Waals surface area contributed by atoms with Gasteiger partial charge in [-0.25, -0.2) is 4.39 Å². The third-order valence-electron chi connectivity index (χ3n) is 3.36. The van der Waals surface area contributed by atoms with E-state index in [9.17, 15) is 4.39 Å². The van der Waals surface area contributed by atoms with Crippen molar-refractivity contribution in [1.82, 2.24) is 4.98 Å². The summed E-state index contributed by atoms with van der Waals surface area (Å²) < 4.78 is 14.6. The van der Waals surface area contributed by atoms with Crippen LogP contribution in [0.2, 0.25) is 0 Å². The van der Waals surface area contributed by atoms with Gasteiger partial charge in [0.1, 0.15) is 11.3 Å². The van der Waals surface area contributed by atoms with E-state index in [1.54, 1.807) is 12.3 Å². The number of pyridine rings is 1. The fourth-order valence-electron chi connectivity index (χ4n) is 2.32. The molecule has 21 heavy (non-hydrogen) atoms. The summed E-state index contributed by atoms with van der Waals surface area (Å²) >= 11 is 3.48. The van der Waals surface area contributed by atoms with Crippen LogP contribution >= 0.6 is 15.9 Å². The zero-order valence-electron chi connectivity index (χ0n) is 11.3. The van der Waals surface area contributed by atoms with Crippen molar-refractivity contribution in [3.8, 4) is 0 Å². The van der Waals surface area contributed by atoms with Crippen molar-refractivity contribution in [3.05, 3.63) is 70.6 Å². The maximum absolute atomic E-state index is 13.8. The fraction of sp³-hybridized carbons (Fsp3) is 0.118. The SMILES string of the molecule is Fc1cccc2c(NCCc3ccccc3)c(Br)cnc12. The summed E-state index contributed by atoms with van der Waals surface area (Å²) in [5, 5.41) is 4.17. The standard InChI is InChI=1S/C17H14BrFN2/c18-14-11-21-17-13(7-4-8-15(17)19)16(14)20-10-9-12-5-2-1-3-6-12/h1-8,11H,9-10H2,(H,20,21). The summed E-state index contributed by atoms with van der Waals surface area (Å²) in [4.78, 5) is 4.15. The second-order valence-corrected chi connectivity index (χ2v) is 5.63. The Morgan fingerprint density at radius 1 is 1.05 bits per heavy atom. The smallest absolute Gasteiger partial charge is 0.149 e. The highest BCUT2D eigenvalue weighted by atomic mass is 79.9. The molecule has 1 N–H and O–H groups in total. The zero-order valence-corrected chi connectivity index (χ0v) is 12.9. The van der Waals surface area contributed by atoms with Crippen LogP contribution in [0, 0.1) is 5.82 Å². The predicted molar refractivity (Wildman–Crippen MR) is 88.0 cm³/mol. The Labute approximate surface area is 131 Å². The van der Waals surface area contributed by atoms with Crippen LogP contribution in [0.25, 0.3) is 10.9 Å². The molecule has 0 bridgehead atoms. The number of anilines is 1. The third-order valence-corrected chi connectivity index (χ3v) is 3.96. The van der Waals surface area contributed by atoms with Crippen molar-refractivity contribution in [2.45, 2.75) is 6.42 Å². The van der Waals surface area contributed by atoms with Crippen molar-refractivity contribution in [2.24, 2.45) is 0 Å². The van der Waals surface area contributed by atoms with E-state index in [1.165, 1.54) is 11.6 Å². The Hall–Kier alpha value is -1.94. The second-order valence-electron chi connectivity index (χ2n) is 4.78. The van der Waals surface area contributed by atoms with Gasteiger partial charge in [-0.2, -0.15) is 0 Å². The average molecular weight is 345 g/mol. The van der Waals surface area contributed by atoms with E-state index < -0.39 is 0 Å². The molecule has 0 fully saturated rings. The minimum atomic E-state index is -0.300. The Kier molecular flexibility index (Phi) is 4.15. The van der Waals surface area contributed by atoms with Crippen LogP contribution in [-0.2, 0) is 6.42 Å². The van der Waals surface area contributed by atoms with E-state index in [0.717, 1.165) is 28.5 Å². The monoisotopic (exact) mass is 344 g/mol. The van der Waals surface area contributed by atoms with Gasteiger partial charge in [0.25, 0.3) is 0 Å². The summed E-state index contributed by atoms with van der Waals surface area (Å²) in [6, 6.07) is 15.3. The lowest BCUT2D eigenvalue weighted by Gasteiger charge is -2.12. The fourth-order valence-corrected chi connectivity index (χ4v) is 2.78. The van der Waals surface area contributed by atoms with Gasteiger partial charge in [-0.3, -0.25) is 4.98 Å². The van der Waals surface area contributed by atoms with E-state index >= 15 is 0 Å². The molecule has 4 heteroatoms. The molecular formula is C17H14BrFN2. The highest BCUT2D eigenvalue weighted by molar-refractivity contribution is 9.10. The molecule has 0 aliphatic carbocycles. The number of nitrogens with zero attached hydrogens (tertiary/aromatic N) is 1. The topological polar surface area (TPSA) is 24.9 Å². The Bertz CT molecular complexity index is 759. The van der Waals surface area contributed by atoms with Gasteiger partial charge >= 0.3 is 0 Å². The highest BCUT2D eigenvalue weighted by Crippen LogP contribution is 2.30. The number of fused-ring (bicyclic) bond motifs is 1. The lowest BCUT2D eigenvalue weighted by atomic mass is 10.1.